The van der Waals surface area contributed by atoms with Gasteiger partial charge in [0.1, 0.15) is 0 Å². The van der Waals surface area contributed by atoms with E-state index in [4.69, 9.17) is 26.9 Å². The summed E-state index contributed by atoms with van der Waals surface area (Å²) in [6, 6.07) is 10.3. The Bertz CT molecular complexity index is 460. The highest BCUT2D eigenvalue weighted by atomic mass is 35.7. The molecule has 1 aromatic carbocycles. The molecule has 0 spiro atoms. The van der Waals surface area contributed by atoms with E-state index in [1.807, 2.05) is 36.9 Å². The lowest BCUT2D eigenvalue weighted by molar-refractivity contribution is -0.137. The van der Waals surface area contributed by atoms with Crippen LogP contribution in [0.3, 0.4) is 0 Å². The van der Waals surface area contributed by atoms with Crippen molar-refractivity contribution in [2.45, 2.75) is 19.0 Å². The summed E-state index contributed by atoms with van der Waals surface area (Å²) >= 11 is 11.9. The molecule has 0 N–H and O–H groups in total. The molecule has 19 heavy (non-hydrogen) atoms. The van der Waals surface area contributed by atoms with Gasteiger partial charge in [0.2, 0.25) is 6.69 Å². The third-order valence-electron chi connectivity index (χ3n) is 2.26. The van der Waals surface area contributed by atoms with E-state index < -0.39 is 12.7 Å². The zero-order valence-corrected chi connectivity index (χ0v) is 13.2. The number of esters is 1. The first-order valence-electron chi connectivity index (χ1n) is 5.99. The van der Waals surface area contributed by atoms with Gasteiger partial charge in [-0.2, -0.15) is 0 Å². The molecule has 0 fully saturated rings. The van der Waals surface area contributed by atoms with Gasteiger partial charge in [0.25, 0.3) is 0 Å². The molecule has 102 valence electrons. The molecule has 0 atom stereocenters. The largest absolute Gasteiger partial charge is 0.462 e. The van der Waals surface area contributed by atoms with Gasteiger partial charge in [-0.25, -0.2) is 4.79 Å². The molecule has 0 bridgehead atoms. The van der Waals surface area contributed by atoms with Crippen LogP contribution >= 0.6 is 22.2 Å². The Morgan fingerprint density at radius 1 is 1.37 bits per heavy atom. The van der Waals surface area contributed by atoms with Crippen molar-refractivity contribution in [1.29, 1.82) is 0 Å². The molecule has 0 aliphatic rings. The van der Waals surface area contributed by atoms with Crippen LogP contribution in [0.25, 0.3) is 6.08 Å². The van der Waals surface area contributed by atoms with E-state index in [-0.39, 0.29) is 0 Å². The highest BCUT2D eigenvalue weighted by Crippen LogP contribution is 2.21. The lowest BCUT2D eigenvalue weighted by atomic mass is 10.2. The lowest BCUT2D eigenvalue weighted by Gasteiger charge is -2.08. The second kappa shape index (κ2) is 8.23. The van der Waals surface area contributed by atoms with Crippen molar-refractivity contribution in [2.24, 2.45) is 0 Å². The highest BCUT2D eigenvalue weighted by molar-refractivity contribution is 7.44. The van der Waals surface area contributed by atoms with Crippen LogP contribution in [0.1, 0.15) is 12.0 Å². The van der Waals surface area contributed by atoms with Crippen molar-refractivity contribution in [3.05, 3.63) is 47.7 Å². The number of rotatable bonds is 6. The first-order chi connectivity index (χ1) is 8.97. The van der Waals surface area contributed by atoms with Crippen LogP contribution in [0, 0.1) is 0 Å². The van der Waals surface area contributed by atoms with E-state index >= 15 is 0 Å². The van der Waals surface area contributed by atoms with Gasteiger partial charge >= 0.3 is 5.97 Å². The normalized spacial score (nSPS) is 10.5. The van der Waals surface area contributed by atoms with E-state index in [1.54, 1.807) is 6.08 Å². The summed E-state index contributed by atoms with van der Waals surface area (Å²) < 4.78 is 5.00. The predicted molar refractivity (Wildman–Crippen MR) is 82.7 cm³/mol. The van der Waals surface area contributed by atoms with Gasteiger partial charge in [0.15, 0.2) is 0 Å². The summed E-state index contributed by atoms with van der Waals surface area (Å²) in [5.41, 5.74) is 3.77. The molecule has 0 saturated heterocycles. The summed E-state index contributed by atoms with van der Waals surface area (Å²) in [6.07, 6.45) is 3.70. The second-order valence-electron chi connectivity index (χ2n) is 4.21. The van der Waals surface area contributed by atoms with Gasteiger partial charge < -0.3 is 4.74 Å². The molecule has 1 rings (SSSR count). The topological polar surface area (TPSA) is 26.3 Å². The monoisotopic (exact) mass is 314 g/mol. The third-order valence-corrected chi connectivity index (χ3v) is 4.62. The Labute approximate surface area is 124 Å². The number of hydrogen-bond donors (Lipinski definition) is 0. The number of benzene rings is 1. The number of carbonyl (C=O) groups excluding carboxylic acids is 1. The molecule has 0 aliphatic carbocycles. The van der Waals surface area contributed by atoms with Crippen molar-refractivity contribution in [2.75, 3.05) is 6.61 Å². The van der Waals surface area contributed by atoms with Crippen molar-refractivity contribution in [3.8, 4) is 0 Å². The number of halogens is 2. The smallest absolute Gasteiger partial charge is 0.338 e. The van der Waals surface area contributed by atoms with Crippen LogP contribution in [0.15, 0.2) is 42.1 Å². The van der Waals surface area contributed by atoms with Crippen LogP contribution in [-0.2, 0) is 9.53 Å². The SMILES string of the molecule is C[Si](Cl)(Cl)CCCOC(=O)C=C=Cc1ccccc1. The number of carbonyl (C=O) groups is 1. The predicted octanol–water partition coefficient (Wildman–Crippen LogP) is 4.34. The van der Waals surface area contributed by atoms with Crippen LogP contribution < -0.4 is 0 Å². The Morgan fingerprint density at radius 3 is 2.68 bits per heavy atom. The van der Waals surface area contributed by atoms with Crippen LogP contribution in [0.2, 0.25) is 12.6 Å². The maximum absolute atomic E-state index is 11.3. The maximum atomic E-state index is 11.3. The summed E-state index contributed by atoms with van der Waals surface area (Å²) in [7, 11) is 0. The van der Waals surface area contributed by atoms with Crippen molar-refractivity contribution in [3.63, 3.8) is 0 Å². The van der Waals surface area contributed by atoms with Crippen molar-refractivity contribution >= 4 is 40.9 Å². The van der Waals surface area contributed by atoms with Gasteiger partial charge in [0, 0.05) is 0 Å². The van der Waals surface area contributed by atoms with Gasteiger partial charge in [-0.1, -0.05) is 30.3 Å². The average Bonchev–Trinajstić information content (AvgIpc) is 2.35. The maximum Gasteiger partial charge on any atom is 0.338 e. The molecule has 0 aliphatic heterocycles. The molecular weight excluding hydrogens is 299 g/mol. The zero-order chi connectivity index (χ0) is 14.1. The first kappa shape index (κ1) is 16.1. The van der Waals surface area contributed by atoms with Crippen LogP contribution in [0.5, 0.6) is 0 Å². The molecule has 0 amide bonds. The zero-order valence-electron chi connectivity index (χ0n) is 10.7. The summed E-state index contributed by atoms with van der Waals surface area (Å²) in [5, 5.41) is 0. The highest BCUT2D eigenvalue weighted by Gasteiger charge is 2.19. The van der Waals surface area contributed by atoms with Crippen LogP contribution in [0.4, 0.5) is 0 Å². The molecule has 1 aromatic rings. The molecule has 0 radical (unpaired) electrons. The number of hydrogen-bond acceptors (Lipinski definition) is 2. The average molecular weight is 315 g/mol. The van der Waals surface area contributed by atoms with E-state index in [0.717, 1.165) is 5.56 Å². The molecule has 0 aromatic heterocycles. The van der Waals surface area contributed by atoms with Gasteiger partial charge in [-0.3, -0.25) is 0 Å². The van der Waals surface area contributed by atoms with E-state index in [2.05, 4.69) is 5.73 Å². The van der Waals surface area contributed by atoms with Gasteiger partial charge in [-0.05, 0) is 30.7 Å². The van der Waals surface area contributed by atoms with Crippen molar-refractivity contribution in [1.82, 2.24) is 0 Å². The number of ether oxygens (including phenoxy) is 1. The molecule has 0 unspecified atom stereocenters. The third kappa shape index (κ3) is 8.68. The Morgan fingerprint density at radius 2 is 2.05 bits per heavy atom. The Hall–Kier alpha value is -0.993. The van der Waals surface area contributed by atoms with E-state index in [0.29, 0.717) is 19.1 Å². The Balaban J connectivity index is 2.30. The minimum atomic E-state index is -2.08. The molecule has 5 heteroatoms. The van der Waals surface area contributed by atoms with Gasteiger partial charge in [-0.15, -0.1) is 27.9 Å². The second-order valence-corrected chi connectivity index (χ2v) is 12.4. The fourth-order valence-electron chi connectivity index (χ4n) is 1.35. The minimum Gasteiger partial charge on any atom is -0.462 e. The fraction of sp³-hybridized carbons (Fsp3) is 0.286. The van der Waals surface area contributed by atoms with Crippen LogP contribution in [-0.4, -0.2) is 19.3 Å². The standard InChI is InChI=1S/C14H16Cl2O2Si/c1-19(15,16)12-6-11-18-14(17)10-5-9-13-7-3-2-4-8-13/h2-4,7-10H,6,11-12H2,1H3. The molecular formula is C14H16Cl2O2Si. The van der Waals surface area contributed by atoms with Gasteiger partial charge in [0.05, 0.1) is 12.7 Å². The first-order valence-corrected chi connectivity index (χ1v) is 10.7. The van der Waals surface area contributed by atoms with E-state index in [9.17, 15) is 4.79 Å². The van der Waals surface area contributed by atoms with Crippen molar-refractivity contribution < 1.29 is 9.53 Å². The fourth-order valence-corrected chi connectivity index (χ4v) is 2.92. The minimum absolute atomic E-state index is 0.338. The Kier molecular flexibility index (Phi) is 6.96. The quantitative estimate of drug-likeness (QED) is 0.195. The molecule has 0 heterocycles. The molecule has 0 saturated carbocycles. The summed E-state index contributed by atoms with van der Waals surface area (Å²) in [6.45, 7) is 0.108. The summed E-state index contributed by atoms with van der Waals surface area (Å²) in [5.74, 6) is -0.403. The lowest BCUT2D eigenvalue weighted by Crippen LogP contribution is -2.13. The molecule has 2 nitrogen and oxygen atoms in total. The van der Waals surface area contributed by atoms with E-state index in [1.165, 1.54) is 6.08 Å². The summed E-state index contributed by atoms with van der Waals surface area (Å²) in [4.78, 5) is 11.3.